The molecule has 0 heterocycles. The highest BCUT2D eigenvalue weighted by Gasteiger charge is 2.48. The summed E-state index contributed by atoms with van der Waals surface area (Å²) < 4.78 is 4.85. The molecule has 1 aliphatic carbocycles. The van der Waals surface area contributed by atoms with Crippen LogP contribution in [0.15, 0.2) is 0 Å². The summed E-state index contributed by atoms with van der Waals surface area (Å²) in [5.74, 6) is -1.89. The van der Waals surface area contributed by atoms with Crippen molar-refractivity contribution in [3.63, 3.8) is 0 Å². The number of nitrogens with one attached hydrogen (secondary N) is 1. The van der Waals surface area contributed by atoms with Crippen LogP contribution >= 0.6 is 0 Å². The molecule has 5 nitrogen and oxygen atoms in total. The van der Waals surface area contributed by atoms with E-state index < -0.39 is 11.9 Å². The van der Waals surface area contributed by atoms with Gasteiger partial charge in [-0.25, -0.2) is 0 Å². The minimum atomic E-state index is -0.885. The maximum atomic E-state index is 11.4. The first kappa shape index (κ1) is 11.0. The van der Waals surface area contributed by atoms with Gasteiger partial charge < -0.3 is 15.2 Å². The Balaban J connectivity index is 2.27. The summed E-state index contributed by atoms with van der Waals surface area (Å²) in [6.07, 6.45) is 0.459. The lowest BCUT2D eigenvalue weighted by Crippen LogP contribution is -2.37. The Morgan fingerprint density at radius 3 is 2.64 bits per heavy atom. The molecule has 1 unspecified atom stereocenters. The Morgan fingerprint density at radius 1 is 1.57 bits per heavy atom. The zero-order chi connectivity index (χ0) is 10.7. The number of aliphatic carboxylic acids is 1. The fourth-order valence-corrected chi connectivity index (χ4v) is 1.40. The van der Waals surface area contributed by atoms with Gasteiger partial charge in [-0.05, 0) is 13.3 Å². The van der Waals surface area contributed by atoms with Crippen LogP contribution in [0.3, 0.4) is 0 Å². The molecular formula is C9H15NO4. The first-order chi connectivity index (χ1) is 6.56. The van der Waals surface area contributed by atoms with Crippen molar-refractivity contribution in [1.82, 2.24) is 5.32 Å². The third kappa shape index (κ3) is 2.70. The van der Waals surface area contributed by atoms with Crippen molar-refractivity contribution in [1.29, 1.82) is 0 Å². The second-order valence-corrected chi connectivity index (χ2v) is 3.65. The Kier molecular flexibility index (Phi) is 3.46. The first-order valence-corrected chi connectivity index (χ1v) is 4.58. The molecule has 2 N–H and O–H groups in total. The Bertz CT molecular complexity index is 241. The van der Waals surface area contributed by atoms with Crippen LogP contribution in [0.5, 0.6) is 0 Å². The molecule has 0 aromatic heterocycles. The number of hydrogen-bond donors (Lipinski definition) is 2. The zero-order valence-electron chi connectivity index (χ0n) is 8.32. The number of amides is 1. The van der Waals surface area contributed by atoms with Gasteiger partial charge in [0.05, 0.1) is 18.4 Å². The molecule has 0 aromatic rings. The molecule has 1 amide bonds. The summed E-state index contributed by atoms with van der Waals surface area (Å²) in [5.41, 5.74) is 0. The van der Waals surface area contributed by atoms with E-state index in [-0.39, 0.29) is 17.9 Å². The van der Waals surface area contributed by atoms with Gasteiger partial charge >= 0.3 is 5.97 Å². The summed E-state index contributed by atoms with van der Waals surface area (Å²) in [4.78, 5) is 21.9. The van der Waals surface area contributed by atoms with Crippen molar-refractivity contribution in [2.75, 3.05) is 13.7 Å². The van der Waals surface area contributed by atoms with Crippen LogP contribution in [0.1, 0.15) is 13.3 Å². The third-order valence-electron chi connectivity index (χ3n) is 2.25. The Hall–Kier alpha value is -1.10. The lowest BCUT2D eigenvalue weighted by Gasteiger charge is -2.11. The summed E-state index contributed by atoms with van der Waals surface area (Å²) in [6.45, 7) is 2.26. The van der Waals surface area contributed by atoms with Gasteiger partial charge in [0.25, 0.3) is 0 Å². The fourth-order valence-electron chi connectivity index (χ4n) is 1.40. The quantitative estimate of drug-likeness (QED) is 0.649. The molecule has 0 spiro atoms. The average Bonchev–Trinajstić information content (AvgIpc) is 2.82. The van der Waals surface area contributed by atoms with Gasteiger partial charge in [0.1, 0.15) is 0 Å². The van der Waals surface area contributed by atoms with Crippen molar-refractivity contribution in [2.45, 2.75) is 19.4 Å². The van der Waals surface area contributed by atoms with Gasteiger partial charge in [-0.15, -0.1) is 0 Å². The SMILES string of the molecule is COCC(C)NC(=O)[C@@H]1C[C@@H]1C(=O)O. The fraction of sp³-hybridized carbons (Fsp3) is 0.778. The van der Waals surface area contributed by atoms with Crippen LogP contribution in [0.4, 0.5) is 0 Å². The monoisotopic (exact) mass is 201 g/mol. The Labute approximate surface area is 82.4 Å². The number of ether oxygens (including phenoxy) is 1. The summed E-state index contributed by atoms with van der Waals surface area (Å²) in [7, 11) is 1.56. The number of carboxylic acids is 1. The highest BCUT2D eigenvalue weighted by atomic mass is 16.5. The predicted octanol–water partition coefficient (Wildman–Crippen LogP) is -0.142. The van der Waals surface area contributed by atoms with Crippen LogP contribution in [0, 0.1) is 11.8 Å². The highest BCUT2D eigenvalue weighted by Crippen LogP contribution is 2.38. The van der Waals surface area contributed by atoms with E-state index in [2.05, 4.69) is 5.32 Å². The number of carbonyl (C=O) groups excluding carboxylic acids is 1. The summed E-state index contributed by atoms with van der Waals surface area (Å²) in [6, 6.07) is -0.0671. The van der Waals surface area contributed by atoms with Crippen LogP contribution in [0.25, 0.3) is 0 Å². The summed E-state index contributed by atoms with van der Waals surface area (Å²) >= 11 is 0. The van der Waals surface area contributed by atoms with E-state index in [0.29, 0.717) is 13.0 Å². The van der Waals surface area contributed by atoms with Crippen molar-refractivity contribution >= 4 is 11.9 Å². The molecule has 1 aliphatic rings. The van der Waals surface area contributed by atoms with Crippen LogP contribution in [-0.4, -0.2) is 36.7 Å². The molecule has 0 saturated heterocycles. The van der Waals surface area contributed by atoms with Crippen molar-refractivity contribution in [3.8, 4) is 0 Å². The molecular weight excluding hydrogens is 186 g/mol. The third-order valence-corrected chi connectivity index (χ3v) is 2.25. The molecule has 1 saturated carbocycles. The van der Waals surface area contributed by atoms with Crippen LogP contribution in [0.2, 0.25) is 0 Å². The maximum Gasteiger partial charge on any atom is 0.307 e. The van der Waals surface area contributed by atoms with E-state index in [9.17, 15) is 9.59 Å². The summed E-state index contributed by atoms with van der Waals surface area (Å²) in [5, 5.41) is 11.3. The number of carboxylic acid groups (broad SMARTS) is 1. The lowest BCUT2D eigenvalue weighted by atomic mass is 10.2. The zero-order valence-corrected chi connectivity index (χ0v) is 8.32. The smallest absolute Gasteiger partial charge is 0.307 e. The van der Waals surface area contributed by atoms with E-state index in [1.54, 1.807) is 7.11 Å². The minimum Gasteiger partial charge on any atom is -0.481 e. The highest BCUT2D eigenvalue weighted by molar-refractivity contribution is 5.89. The normalized spacial score (nSPS) is 26.7. The van der Waals surface area contributed by atoms with Gasteiger partial charge in [0, 0.05) is 13.2 Å². The Morgan fingerprint density at radius 2 is 2.21 bits per heavy atom. The molecule has 0 aliphatic heterocycles. The molecule has 1 rings (SSSR count). The van der Waals surface area contributed by atoms with Gasteiger partial charge in [-0.1, -0.05) is 0 Å². The van der Waals surface area contributed by atoms with Crippen molar-refractivity contribution < 1.29 is 19.4 Å². The first-order valence-electron chi connectivity index (χ1n) is 4.58. The average molecular weight is 201 g/mol. The van der Waals surface area contributed by atoms with E-state index >= 15 is 0 Å². The molecule has 0 radical (unpaired) electrons. The number of rotatable bonds is 5. The van der Waals surface area contributed by atoms with Crippen LogP contribution < -0.4 is 5.32 Å². The minimum absolute atomic E-state index is 0.0671. The molecule has 80 valence electrons. The topological polar surface area (TPSA) is 75.6 Å². The molecule has 3 atom stereocenters. The van der Waals surface area contributed by atoms with E-state index in [1.807, 2.05) is 6.92 Å². The van der Waals surface area contributed by atoms with E-state index in [4.69, 9.17) is 9.84 Å². The molecule has 5 heteroatoms. The van der Waals surface area contributed by atoms with Crippen LogP contribution in [-0.2, 0) is 14.3 Å². The molecule has 0 aromatic carbocycles. The molecule has 0 bridgehead atoms. The number of methoxy groups -OCH3 is 1. The van der Waals surface area contributed by atoms with Crippen molar-refractivity contribution in [3.05, 3.63) is 0 Å². The largest absolute Gasteiger partial charge is 0.481 e. The van der Waals surface area contributed by atoms with Gasteiger partial charge in [-0.2, -0.15) is 0 Å². The van der Waals surface area contributed by atoms with E-state index in [1.165, 1.54) is 0 Å². The molecule has 1 fully saturated rings. The van der Waals surface area contributed by atoms with E-state index in [0.717, 1.165) is 0 Å². The van der Waals surface area contributed by atoms with Gasteiger partial charge in [-0.3, -0.25) is 9.59 Å². The lowest BCUT2D eigenvalue weighted by molar-refractivity contribution is -0.140. The standard InChI is InChI=1S/C9H15NO4/c1-5(4-14-2)10-8(11)6-3-7(6)9(12)13/h5-7H,3-4H2,1-2H3,(H,10,11)(H,12,13)/t5?,6-,7+/m1/s1. The maximum absolute atomic E-state index is 11.4. The predicted molar refractivity (Wildman–Crippen MR) is 48.7 cm³/mol. The van der Waals surface area contributed by atoms with Crippen molar-refractivity contribution in [2.24, 2.45) is 11.8 Å². The second-order valence-electron chi connectivity index (χ2n) is 3.65. The second kappa shape index (κ2) is 4.41. The van der Waals surface area contributed by atoms with Gasteiger partial charge in [0.15, 0.2) is 0 Å². The number of carbonyl (C=O) groups is 2. The number of hydrogen-bond acceptors (Lipinski definition) is 3. The molecule has 14 heavy (non-hydrogen) atoms. The van der Waals surface area contributed by atoms with Gasteiger partial charge in [0.2, 0.25) is 5.91 Å².